The molecule has 0 aliphatic carbocycles. The van der Waals surface area contributed by atoms with Crippen molar-refractivity contribution in [2.45, 2.75) is 13.1 Å². The van der Waals surface area contributed by atoms with E-state index >= 15 is 0 Å². The average molecular weight is 563 g/mol. The van der Waals surface area contributed by atoms with E-state index in [1.165, 1.54) is 76.5 Å². The minimum atomic E-state index is -1.78. The summed E-state index contributed by atoms with van der Waals surface area (Å²) in [4.78, 5) is 0. The van der Waals surface area contributed by atoms with E-state index in [4.69, 9.17) is 0 Å². The van der Waals surface area contributed by atoms with Gasteiger partial charge >= 0.3 is 0 Å². The summed E-state index contributed by atoms with van der Waals surface area (Å²) in [5.74, 6) is 0. The van der Waals surface area contributed by atoms with Gasteiger partial charge in [-0.15, -0.1) is 0 Å². The summed E-state index contributed by atoms with van der Waals surface area (Å²) in [5, 5.41) is 13.5. The Morgan fingerprint density at radius 1 is 0.372 bits per heavy atom. The monoisotopic (exact) mass is 562 g/mol. The Morgan fingerprint density at radius 3 is 1.74 bits per heavy atom. The second kappa shape index (κ2) is 9.01. The van der Waals surface area contributed by atoms with Gasteiger partial charge in [0.05, 0.1) is 0 Å². The molecule has 0 saturated carbocycles. The van der Waals surface area contributed by atoms with Gasteiger partial charge in [-0.05, 0) is 105 Å². The fraction of sp³-hybridized carbons (Fsp3) is 0.0476. The van der Waals surface area contributed by atoms with Crippen molar-refractivity contribution in [1.82, 2.24) is 0 Å². The highest BCUT2D eigenvalue weighted by Crippen LogP contribution is 2.45. The lowest BCUT2D eigenvalue weighted by molar-refractivity contribution is 1.66. The van der Waals surface area contributed by atoms with Crippen LogP contribution in [0.1, 0.15) is 0 Å². The van der Waals surface area contributed by atoms with Gasteiger partial charge in [-0.1, -0.05) is 140 Å². The third-order valence-corrected chi connectivity index (χ3v) is 13.4. The molecule has 0 N–H and O–H groups in total. The molecular formula is C42H30Si. The topological polar surface area (TPSA) is 0 Å². The molecule has 8 aromatic rings. The molecule has 1 aliphatic heterocycles. The normalized spacial score (nSPS) is 13.5. The summed E-state index contributed by atoms with van der Waals surface area (Å²) in [6, 6.07) is 54.6. The highest BCUT2D eigenvalue weighted by atomic mass is 28.3. The van der Waals surface area contributed by atoms with E-state index < -0.39 is 8.07 Å². The van der Waals surface area contributed by atoms with Crippen molar-refractivity contribution >= 4 is 61.5 Å². The van der Waals surface area contributed by atoms with Crippen molar-refractivity contribution in [3.8, 4) is 33.4 Å². The van der Waals surface area contributed by atoms with Crippen molar-refractivity contribution in [3.05, 3.63) is 146 Å². The molecule has 0 bridgehead atoms. The molecule has 0 fully saturated rings. The third-order valence-electron chi connectivity index (χ3n) is 9.82. The van der Waals surface area contributed by atoms with E-state index in [2.05, 4.69) is 159 Å². The zero-order chi connectivity index (χ0) is 28.7. The van der Waals surface area contributed by atoms with E-state index in [9.17, 15) is 0 Å². The first-order valence-electron chi connectivity index (χ1n) is 15.2. The van der Waals surface area contributed by atoms with Crippen molar-refractivity contribution in [3.63, 3.8) is 0 Å². The molecule has 0 atom stereocenters. The van der Waals surface area contributed by atoms with Gasteiger partial charge in [0.15, 0.2) is 0 Å². The van der Waals surface area contributed by atoms with Crippen molar-refractivity contribution in [1.29, 1.82) is 0 Å². The van der Waals surface area contributed by atoms with Crippen LogP contribution in [0.3, 0.4) is 0 Å². The largest absolute Gasteiger partial charge is 0.113 e. The van der Waals surface area contributed by atoms with Gasteiger partial charge in [0, 0.05) is 0 Å². The number of benzene rings is 8. The summed E-state index contributed by atoms with van der Waals surface area (Å²) < 4.78 is 0. The quantitative estimate of drug-likeness (QED) is 0.145. The van der Waals surface area contributed by atoms with E-state index in [0.29, 0.717) is 0 Å². The third kappa shape index (κ3) is 3.49. The molecule has 0 nitrogen and oxygen atoms in total. The summed E-state index contributed by atoms with van der Waals surface area (Å²) in [6.07, 6.45) is 0. The molecule has 43 heavy (non-hydrogen) atoms. The summed E-state index contributed by atoms with van der Waals surface area (Å²) in [5.41, 5.74) is 8.07. The van der Waals surface area contributed by atoms with Crippen LogP contribution in [0.5, 0.6) is 0 Å². The molecule has 1 heteroatoms. The Morgan fingerprint density at radius 2 is 0.953 bits per heavy atom. The van der Waals surface area contributed by atoms with Crippen molar-refractivity contribution in [2.24, 2.45) is 0 Å². The van der Waals surface area contributed by atoms with E-state index in [1.54, 1.807) is 10.4 Å². The predicted molar refractivity (Wildman–Crippen MR) is 190 cm³/mol. The van der Waals surface area contributed by atoms with Crippen LogP contribution in [-0.2, 0) is 0 Å². The Bertz CT molecular complexity index is 2430. The van der Waals surface area contributed by atoms with E-state index in [1.807, 2.05) is 0 Å². The molecule has 0 unspecified atom stereocenters. The molecule has 0 saturated heterocycles. The van der Waals surface area contributed by atoms with Crippen molar-refractivity contribution in [2.75, 3.05) is 0 Å². The standard InChI is InChI=1S/C42H30Si/c1-43(2)39-20-10-9-18-36(39)42-35(19-11-21-40(42)43)38-26-30-25-37(29-23-22-27-12-3-4-13-28(27)24-29)31-14-5-7-16-33(31)41(30)34-17-8-6-15-32(34)38/h3-26H,1-2H3. The van der Waals surface area contributed by atoms with Crippen LogP contribution in [0.15, 0.2) is 146 Å². The first-order chi connectivity index (χ1) is 21.1. The average Bonchev–Trinajstić information content (AvgIpc) is 3.30. The first-order valence-corrected chi connectivity index (χ1v) is 18.2. The van der Waals surface area contributed by atoms with Gasteiger partial charge in [-0.3, -0.25) is 0 Å². The number of rotatable bonds is 2. The molecule has 8 aromatic carbocycles. The summed E-state index contributed by atoms with van der Waals surface area (Å²) in [6.45, 7) is 5.00. The Hall–Kier alpha value is -4.98. The molecule has 202 valence electrons. The number of hydrogen-bond donors (Lipinski definition) is 0. The molecule has 1 heterocycles. The minimum Gasteiger partial charge on any atom is -0.0623 e. The van der Waals surface area contributed by atoms with Gasteiger partial charge < -0.3 is 0 Å². The lowest BCUT2D eigenvalue weighted by Gasteiger charge is -2.20. The van der Waals surface area contributed by atoms with E-state index in [0.717, 1.165) is 0 Å². The highest BCUT2D eigenvalue weighted by molar-refractivity contribution is 7.04. The second-order valence-corrected chi connectivity index (χ2v) is 16.8. The van der Waals surface area contributed by atoms with E-state index in [-0.39, 0.29) is 0 Å². The lowest BCUT2D eigenvalue weighted by atomic mass is 9.86. The second-order valence-electron chi connectivity index (χ2n) is 12.5. The zero-order valence-corrected chi connectivity index (χ0v) is 25.4. The molecule has 0 radical (unpaired) electrons. The van der Waals surface area contributed by atoms with Gasteiger partial charge in [0.2, 0.25) is 0 Å². The molecular weight excluding hydrogens is 533 g/mol. The minimum absolute atomic E-state index is 1.26. The highest BCUT2D eigenvalue weighted by Gasteiger charge is 2.38. The Kier molecular flexibility index (Phi) is 5.15. The number of fused-ring (bicyclic) bond motifs is 9. The number of hydrogen-bond acceptors (Lipinski definition) is 0. The van der Waals surface area contributed by atoms with Crippen LogP contribution in [0, 0.1) is 0 Å². The molecule has 9 rings (SSSR count). The van der Waals surface area contributed by atoms with Crippen molar-refractivity contribution < 1.29 is 0 Å². The van der Waals surface area contributed by atoms with Gasteiger partial charge in [-0.2, -0.15) is 0 Å². The van der Waals surface area contributed by atoms with Crippen LogP contribution in [0.2, 0.25) is 13.1 Å². The molecule has 0 amide bonds. The SMILES string of the molecule is C[Si]1(C)c2ccccc2-c2c(-c3cc4cc(-c5ccc6ccccc6c5)c5ccccc5c4c4ccccc34)cccc21. The molecule has 0 aromatic heterocycles. The Balaban J connectivity index is 1.40. The first kappa shape index (κ1) is 24.6. The van der Waals surface area contributed by atoms with Crippen LogP contribution in [0.4, 0.5) is 0 Å². The van der Waals surface area contributed by atoms with Gasteiger partial charge in [0.1, 0.15) is 8.07 Å². The van der Waals surface area contributed by atoms with Gasteiger partial charge in [0.25, 0.3) is 0 Å². The van der Waals surface area contributed by atoms with Gasteiger partial charge in [-0.25, -0.2) is 0 Å². The molecule has 1 aliphatic rings. The lowest BCUT2D eigenvalue weighted by Crippen LogP contribution is -2.49. The fourth-order valence-electron chi connectivity index (χ4n) is 7.78. The molecule has 0 spiro atoms. The Labute approximate surface area is 252 Å². The summed E-state index contributed by atoms with van der Waals surface area (Å²) >= 11 is 0. The maximum Gasteiger partial charge on any atom is 0.113 e. The predicted octanol–water partition coefficient (Wildman–Crippen LogP) is 10.4. The van der Waals surface area contributed by atoms with Crippen LogP contribution < -0.4 is 10.4 Å². The smallest absolute Gasteiger partial charge is 0.0623 e. The zero-order valence-electron chi connectivity index (χ0n) is 24.4. The van der Waals surface area contributed by atoms with Crippen LogP contribution in [0.25, 0.3) is 76.5 Å². The summed E-state index contributed by atoms with van der Waals surface area (Å²) in [7, 11) is -1.78. The maximum absolute atomic E-state index is 2.50. The maximum atomic E-state index is 2.50. The van der Waals surface area contributed by atoms with Crippen LogP contribution in [-0.4, -0.2) is 8.07 Å². The van der Waals surface area contributed by atoms with Crippen LogP contribution >= 0.6 is 0 Å². The fourth-order valence-corrected chi connectivity index (χ4v) is 10.9.